The Kier molecular flexibility index (Phi) is 6.48. The van der Waals surface area contributed by atoms with Crippen molar-refractivity contribution >= 4 is 17.9 Å². The van der Waals surface area contributed by atoms with Gasteiger partial charge in [-0.3, -0.25) is 4.79 Å². The van der Waals surface area contributed by atoms with E-state index in [1.54, 1.807) is 19.1 Å². The molecule has 1 atom stereocenters. The fourth-order valence-electron chi connectivity index (χ4n) is 4.32. The highest BCUT2D eigenvalue weighted by atomic mass is 32.2. The van der Waals surface area contributed by atoms with Crippen molar-refractivity contribution in [3.63, 3.8) is 0 Å². The summed E-state index contributed by atoms with van der Waals surface area (Å²) in [5, 5.41) is 3.17. The van der Waals surface area contributed by atoms with Gasteiger partial charge in [0.2, 0.25) is 5.91 Å². The molecular weight excluding hydrogens is 438 g/mol. The summed E-state index contributed by atoms with van der Waals surface area (Å²) in [5.41, 5.74) is 3.84. The van der Waals surface area contributed by atoms with Crippen LogP contribution in [-0.2, 0) is 4.79 Å². The molecule has 7 nitrogen and oxygen atoms in total. The molecule has 3 heterocycles. The Labute approximate surface area is 198 Å². The lowest BCUT2D eigenvalue weighted by Crippen LogP contribution is -2.51. The minimum atomic E-state index is -0.208. The van der Waals surface area contributed by atoms with Crippen LogP contribution in [-0.4, -0.2) is 75.2 Å². The predicted molar refractivity (Wildman–Crippen MR) is 128 cm³/mol. The summed E-state index contributed by atoms with van der Waals surface area (Å²) in [6.07, 6.45) is 0. The SMILES string of the molecule is CNCC(C(=O)N1CC(=C2CN(Sc3ccc4c(c3)OCCO4)C2)C1)c1cccc(OC)c1. The van der Waals surface area contributed by atoms with Crippen LogP contribution >= 0.6 is 11.9 Å². The van der Waals surface area contributed by atoms with E-state index in [0.717, 1.165) is 53.9 Å². The van der Waals surface area contributed by atoms with Crippen LogP contribution in [0.2, 0.25) is 0 Å². The maximum absolute atomic E-state index is 13.2. The molecule has 0 bridgehead atoms. The molecule has 2 saturated heterocycles. The second-order valence-electron chi connectivity index (χ2n) is 8.48. The van der Waals surface area contributed by atoms with E-state index < -0.39 is 0 Å². The van der Waals surface area contributed by atoms with Gasteiger partial charge >= 0.3 is 0 Å². The van der Waals surface area contributed by atoms with Crippen LogP contribution in [0.4, 0.5) is 0 Å². The minimum absolute atomic E-state index is 0.170. The molecule has 2 aromatic rings. The lowest BCUT2D eigenvalue weighted by atomic mass is 9.92. The Balaban J connectivity index is 1.15. The van der Waals surface area contributed by atoms with Crippen molar-refractivity contribution in [3.8, 4) is 17.2 Å². The van der Waals surface area contributed by atoms with E-state index in [0.29, 0.717) is 19.8 Å². The average molecular weight is 468 g/mol. The Hall–Kier alpha value is -2.68. The topological polar surface area (TPSA) is 63.3 Å². The Morgan fingerprint density at radius 1 is 1.06 bits per heavy atom. The van der Waals surface area contributed by atoms with E-state index in [4.69, 9.17) is 14.2 Å². The van der Waals surface area contributed by atoms with Crippen LogP contribution in [0, 0.1) is 0 Å². The molecule has 2 aromatic carbocycles. The summed E-state index contributed by atoms with van der Waals surface area (Å²) >= 11 is 1.74. The molecule has 2 fully saturated rings. The van der Waals surface area contributed by atoms with Gasteiger partial charge < -0.3 is 24.4 Å². The number of nitrogens with zero attached hydrogens (tertiary/aromatic N) is 2. The lowest BCUT2D eigenvalue weighted by Gasteiger charge is -2.43. The fraction of sp³-hybridized carbons (Fsp3) is 0.400. The molecule has 1 amide bonds. The number of fused-ring (bicyclic) bond motifs is 1. The number of nitrogens with one attached hydrogen (secondary N) is 1. The summed E-state index contributed by atoms with van der Waals surface area (Å²) in [4.78, 5) is 16.3. The van der Waals surface area contributed by atoms with E-state index >= 15 is 0 Å². The van der Waals surface area contributed by atoms with Crippen molar-refractivity contribution in [2.45, 2.75) is 10.8 Å². The number of carbonyl (C=O) groups excluding carboxylic acids is 1. The number of amides is 1. The molecule has 0 aliphatic carbocycles. The number of rotatable bonds is 7. The lowest BCUT2D eigenvalue weighted by molar-refractivity contribution is -0.134. The number of hydrogen-bond donors (Lipinski definition) is 1. The van der Waals surface area contributed by atoms with Crippen molar-refractivity contribution in [3.05, 3.63) is 59.2 Å². The number of benzene rings is 2. The summed E-state index contributed by atoms with van der Waals surface area (Å²) in [6, 6.07) is 13.9. The Morgan fingerprint density at radius 2 is 1.82 bits per heavy atom. The predicted octanol–water partition coefficient (Wildman–Crippen LogP) is 2.93. The van der Waals surface area contributed by atoms with E-state index in [1.165, 1.54) is 11.1 Å². The summed E-state index contributed by atoms with van der Waals surface area (Å²) < 4.78 is 19.0. The minimum Gasteiger partial charge on any atom is -0.497 e. The first-order chi connectivity index (χ1) is 16.1. The van der Waals surface area contributed by atoms with Gasteiger partial charge in [0, 0.05) is 37.6 Å². The van der Waals surface area contributed by atoms with Crippen LogP contribution < -0.4 is 19.5 Å². The van der Waals surface area contributed by atoms with Crippen LogP contribution in [0.3, 0.4) is 0 Å². The largest absolute Gasteiger partial charge is 0.497 e. The van der Waals surface area contributed by atoms with Crippen LogP contribution in [0.5, 0.6) is 17.2 Å². The van der Waals surface area contributed by atoms with Crippen molar-refractivity contribution in [2.24, 2.45) is 0 Å². The van der Waals surface area contributed by atoms with Crippen molar-refractivity contribution in [1.82, 2.24) is 14.5 Å². The third-order valence-corrected chi connectivity index (χ3v) is 7.24. The normalized spacial score (nSPS) is 18.4. The Morgan fingerprint density at radius 3 is 2.58 bits per heavy atom. The standard InChI is InChI=1S/C25H29N3O4S/c1-26-12-22(17-4-3-5-20(10-17)30-2)25(29)27-13-18(14-27)19-15-28(16-19)33-21-6-7-23-24(11-21)32-9-8-31-23/h3-7,10-11,22,26H,8-9,12-16H2,1-2H3. The molecule has 3 aliphatic rings. The molecule has 0 spiro atoms. The summed E-state index contributed by atoms with van der Waals surface area (Å²) in [6.45, 7) is 5.16. The molecular formula is C25H29N3O4S. The first kappa shape index (κ1) is 22.1. The van der Waals surface area contributed by atoms with Crippen LogP contribution in [0.25, 0.3) is 0 Å². The summed E-state index contributed by atoms with van der Waals surface area (Å²) in [7, 11) is 3.53. The molecule has 1 unspecified atom stereocenters. The van der Waals surface area contributed by atoms with Gasteiger partial charge in [-0.15, -0.1) is 0 Å². The van der Waals surface area contributed by atoms with Gasteiger partial charge in [0.05, 0.1) is 13.0 Å². The molecule has 5 rings (SSSR count). The zero-order valence-corrected chi connectivity index (χ0v) is 19.8. The van der Waals surface area contributed by atoms with E-state index in [-0.39, 0.29) is 11.8 Å². The van der Waals surface area contributed by atoms with Crippen molar-refractivity contribution in [1.29, 1.82) is 0 Å². The van der Waals surface area contributed by atoms with Gasteiger partial charge in [0.15, 0.2) is 11.5 Å². The number of ether oxygens (including phenoxy) is 3. The second kappa shape index (κ2) is 9.67. The fourth-order valence-corrected chi connectivity index (χ4v) is 5.35. The van der Waals surface area contributed by atoms with Crippen LogP contribution in [0.15, 0.2) is 58.5 Å². The zero-order chi connectivity index (χ0) is 22.8. The second-order valence-corrected chi connectivity index (χ2v) is 9.65. The molecule has 0 aromatic heterocycles. The smallest absolute Gasteiger partial charge is 0.231 e. The number of methoxy groups -OCH3 is 1. The average Bonchev–Trinajstić information content (AvgIpc) is 2.79. The molecule has 1 N–H and O–H groups in total. The maximum atomic E-state index is 13.2. The number of carbonyl (C=O) groups is 1. The van der Waals surface area contributed by atoms with E-state index in [1.807, 2.05) is 42.3 Å². The maximum Gasteiger partial charge on any atom is 0.231 e. The van der Waals surface area contributed by atoms with Gasteiger partial charge in [-0.1, -0.05) is 12.1 Å². The zero-order valence-electron chi connectivity index (χ0n) is 19.0. The number of hydrogen-bond acceptors (Lipinski definition) is 7. The number of likely N-dealkylation sites (N-methyl/N-ethyl adjacent to an activating group) is 1. The highest BCUT2D eigenvalue weighted by Crippen LogP contribution is 2.38. The molecule has 174 valence electrons. The van der Waals surface area contributed by atoms with E-state index in [9.17, 15) is 4.79 Å². The summed E-state index contributed by atoms with van der Waals surface area (Å²) in [5.74, 6) is 2.38. The molecule has 3 aliphatic heterocycles. The van der Waals surface area contributed by atoms with Crippen LogP contribution in [0.1, 0.15) is 11.5 Å². The number of likely N-dealkylation sites (tertiary alicyclic amines) is 1. The van der Waals surface area contributed by atoms with Gasteiger partial charge in [0.25, 0.3) is 0 Å². The van der Waals surface area contributed by atoms with Crippen molar-refractivity contribution in [2.75, 3.05) is 60.1 Å². The highest BCUT2D eigenvalue weighted by Gasteiger charge is 2.35. The first-order valence-corrected chi connectivity index (χ1v) is 12.0. The van der Waals surface area contributed by atoms with Crippen molar-refractivity contribution < 1.29 is 19.0 Å². The third kappa shape index (κ3) is 4.69. The molecule has 33 heavy (non-hydrogen) atoms. The quantitative estimate of drug-likeness (QED) is 0.496. The monoisotopic (exact) mass is 467 g/mol. The first-order valence-electron chi connectivity index (χ1n) is 11.2. The molecule has 0 radical (unpaired) electrons. The molecule has 8 heteroatoms. The van der Waals surface area contributed by atoms with Gasteiger partial charge in [0.1, 0.15) is 19.0 Å². The van der Waals surface area contributed by atoms with E-state index in [2.05, 4.69) is 21.8 Å². The Bertz CT molecular complexity index is 1060. The highest BCUT2D eigenvalue weighted by molar-refractivity contribution is 7.97. The van der Waals surface area contributed by atoms with Gasteiger partial charge in [-0.2, -0.15) is 0 Å². The van der Waals surface area contributed by atoms with Gasteiger partial charge in [-0.05, 0) is 66.0 Å². The molecule has 0 saturated carbocycles. The third-order valence-electron chi connectivity index (χ3n) is 6.26. The van der Waals surface area contributed by atoms with Gasteiger partial charge in [-0.25, -0.2) is 4.31 Å².